The van der Waals surface area contributed by atoms with Crippen molar-refractivity contribution in [2.45, 2.75) is 6.42 Å². The lowest BCUT2D eigenvalue weighted by atomic mass is 10.1. The highest BCUT2D eigenvalue weighted by atomic mass is 35.5. The third-order valence-electron chi connectivity index (χ3n) is 2.97. The fourth-order valence-electron chi connectivity index (χ4n) is 1.89. The summed E-state index contributed by atoms with van der Waals surface area (Å²) >= 11 is 5.83. The number of nitrogens with one attached hydrogen (secondary N) is 1. The van der Waals surface area contributed by atoms with Gasteiger partial charge in [0.05, 0.1) is 6.21 Å². The summed E-state index contributed by atoms with van der Waals surface area (Å²) in [6, 6.07) is 11.9. The van der Waals surface area contributed by atoms with Crippen molar-refractivity contribution in [3.05, 3.63) is 76.8 Å². The Labute approximate surface area is 133 Å². The predicted octanol–water partition coefficient (Wildman–Crippen LogP) is 3.54. The van der Waals surface area contributed by atoms with Gasteiger partial charge in [-0.2, -0.15) is 5.10 Å². The highest BCUT2D eigenvalue weighted by Gasteiger charge is 2.06. The summed E-state index contributed by atoms with van der Waals surface area (Å²) in [5.41, 5.74) is 4.07. The number of allylic oxidation sites excluding steroid dienone is 1. The Bertz CT molecular complexity index is 726. The molecule has 22 heavy (non-hydrogen) atoms. The van der Waals surface area contributed by atoms with Crippen molar-refractivity contribution in [3.8, 4) is 5.75 Å². The summed E-state index contributed by atoms with van der Waals surface area (Å²) in [5, 5.41) is 14.4. The zero-order chi connectivity index (χ0) is 15.9. The first-order chi connectivity index (χ1) is 10.6. The molecule has 5 heteroatoms. The lowest BCUT2D eigenvalue weighted by Crippen LogP contribution is -2.17. The van der Waals surface area contributed by atoms with Crippen LogP contribution < -0.4 is 5.43 Å². The molecule has 0 aliphatic carbocycles. The number of hydrogen-bond donors (Lipinski definition) is 2. The van der Waals surface area contributed by atoms with E-state index in [0.717, 1.165) is 5.56 Å². The van der Waals surface area contributed by atoms with Crippen LogP contribution in [-0.2, 0) is 6.42 Å². The van der Waals surface area contributed by atoms with E-state index >= 15 is 0 Å². The van der Waals surface area contributed by atoms with Crippen molar-refractivity contribution in [1.82, 2.24) is 5.43 Å². The fourth-order valence-corrected chi connectivity index (χ4v) is 2.08. The molecule has 0 spiro atoms. The molecule has 4 nitrogen and oxygen atoms in total. The third-order valence-corrected chi connectivity index (χ3v) is 3.21. The molecule has 112 valence electrons. The lowest BCUT2D eigenvalue weighted by Gasteiger charge is -2.04. The molecule has 0 fully saturated rings. The topological polar surface area (TPSA) is 61.7 Å². The van der Waals surface area contributed by atoms with Gasteiger partial charge in [0.15, 0.2) is 0 Å². The second-order valence-electron chi connectivity index (χ2n) is 4.56. The predicted molar refractivity (Wildman–Crippen MR) is 88.5 cm³/mol. The molecule has 0 bridgehead atoms. The number of carbonyl (C=O) groups excluding carboxylic acids is 1. The molecule has 0 saturated heterocycles. The van der Waals surface area contributed by atoms with Crippen LogP contribution in [0.2, 0.25) is 5.02 Å². The maximum Gasteiger partial charge on any atom is 0.271 e. The number of hydrazone groups is 1. The molecule has 0 heterocycles. The van der Waals surface area contributed by atoms with Gasteiger partial charge in [0.25, 0.3) is 5.91 Å². The van der Waals surface area contributed by atoms with Crippen molar-refractivity contribution >= 4 is 23.7 Å². The van der Waals surface area contributed by atoms with Crippen LogP contribution in [0.3, 0.4) is 0 Å². The Morgan fingerprint density at radius 1 is 1.32 bits per heavy atom. The number of amides is 1. The van der Waals surface area contributed by atoms with E-state index in [1.165, 1.54) is 6.21 Å². The van der Waals surface area contributed by atoms with E-state index in [4.69, 9.17) is 11.6 Å². The Morgan fingerprint density at radius 3 is 2.82 bits per heavy atom. The van der Waals surface area contributed by atoms with Gasteiger partial charge in [0.1, 0.15) is 5.75 Å². The molecule has 2 rings (SSSR count). The van der Waals surface area contributed by atoms with Gasteiger partial charge in [-0.05, 0) is 36.2 Å². The largest absolute Gasteiger partial charge is 0.507 e. The standard InChI is InChI=1S/C17H15ClN2O2/c1-2-5-12-6-3-8-14(16(12)21)11-19-20-17(22)13-7-4-9-15(18)10-13/h2-4,6-11,21H,1,5H2,(H,20,22)/b19-11-. The quantitative estimate of drug-likeness (QED) is 0.504. The Hall–Kier alpha value is -2.59. The number of phenols is 1. The van der Waals surface area contributed by atoms with Crippen LogP contribution >= 0.6 is 11.6 Å². The Kier molecular flexibility index (Phi) is 5.33. The molecule has 2 aromatic rings. The van der Waals surface area contributed by atoms with E-state index < -0.39 is 0 Å². The fraction of sp³-hybridized carbons (Fsp3) is 0.0588. The molecule has 1 amide bonds. The van der Waals surface area contributed by atoms with Gasteiger partial charge >= 0.3 is 0 Å². The first kappa shape index (κ1) is 15.8. The van der Waals surface area contributed by atoms with E-state index in [1.54, 1.807) is 48.5 Å². The van der Waals surface area contributed by atoms with Crippen LogP contribution in [-0.4, -0.2) is 17.2 Å². The van der Waals surface area contributed by atoms with Gasteiger partial charge in [0.2, 0.25) is 0 Å². The highest BCUT2D eigenvalue weighted by molar-refractivity contribution is 6.30. The van der Waals surface area contributed by atoms with Crippen LogP contribution in [0.15, 0.2) is 60.2 Å². The number of benzene rings is 2. The average molecular weight is 315 g/mol. The second-order valence-corrected chi connectivity index (χ2v) is 4.99. The van der Waals surface area contributed by atoms with Gasteiger partial charge in [0, 0.05) is 16.1 Å². The number of phenolic OH excluding ortho intramolecular Hbond substituents is 1. The molecule has 0 aromatic heterocycles. The molecule has 2 aromatic carbocycles. The smallest absolute Gasteiger partial charge is 0.271 e. The Morgan fingerprint density at radius 2 is 2.09 bits per heavy atom. The first-order valence-corrected chi connectivity index (χ1v) is 7.00. The van der Waals surface area contributed by atoms with Crippen molar-refractivity contribution < 1.29 is 9.90 Å². The Balaban J connectivity index is 2.08. The highest BCUT2D eigenvalue weighted by Crippen LogP contribution is 2.21. The molecule has 2 N–H and O–H groups in total. The van der Waals surface area contributed by atoms with Gasteiger partial charge in [-0.25, -0.2) is 5.43 Å². The summed E-state index contributed by atoms with van der Waals surface area (Å²) in [6.07, 6.45) is 3.66. The number of para-hydroxylation sites is 1. The van der Waals surface area contributed by atoms with Crippen LogP contribution in [0.1, 0.15) is 21.5 Å². The van der Waals surface area contributed by atoms with Gasteiger partial charge in [-0.3, -0.25) is 4.79 Å². The van der Waals surface area contributed by atoms with Gasteiger partial charge in [-0.15, -0.1) is 6.58 Å². The lowest BCUT2D eigenvalue weighted by molar-refractivity contribution is 0.0955. The number of carbonyl (C=O) groups is 1. The van der Waals surface area contributed by atoms with E-state index in [-0.39, 0.29) is 11.7 Å². The molecule has 0 aliphatic heterocycles. The van der Waals surface area contributed by atoms with Crippen LogP contribution in [0.4, 0.5) is 0 Å². The van der Waals surface area contributed by atoms with E-state index in [0.29, 0.717) is 22.6 Å². The van der Waals surface area contributed by atoms with Gasteiger partial charge in [-0.1, -0.05) is 35.9 Å². The van der Waals surface area contributed by atoms with E-state index in [1.807, 2.05) is 0 Å². The number of aromatic hydroxyl groups is 1. The van der Waals surface area contributed by atoms with Crippen molar-refractivity contribution in [2.75, 3.05) is 0 Å². The average Bonchev–Trinajstić information content (AvgIpc) is 2.51. The SMILES string of the molecule is C=CCc1cccc(/C=N\NC(=O)c2cccc(Cl)c2)c1O. The van der Waals surface area contributed by atoms with E-state index in [2.05, 4.69) is 17.1 Å². The minimum Gasteiger partial charge on any atom is -0.507 e. The maximum atomic E-state index is 11.9. The third kappa shape index (κ3) is 3.96. The number of nitrogens with zero attached hydrogens (tertiary/aromatic N) is 1. The zero-order valence-electron chi connectivity index (χ0n) is 11.8. The van der Waals surface area contributed by atoms with Crippen LogP contribution in [0, 0.1) is 0 Å². The summed E-state index contributed by atoms with van der Waals surface area (Å²) in [6.45, 7) is 3.64. The molecule has 0 aliphatic rings. The second kappa shape index (κ2) is 7.43. The molecule has 0 radical (unpaired) electrons. The van der Waals surface area contributed by atoms with Crippen molar-refractivity contribution in [2.24, 2.45) is 5.10 Å². The number of rotatable bonds is 5. The summed E-state index contributed by atoms with van der Waals surface area (Å²) < 4.78 is 0. The first-order valence-electron chi connectivity index (χ1n) is 6.62. The normalized spacial score (nSPS) is 10.6. The molecule has 0 saturated carbocycles. The summed E-state index contributed by atoms with van der Waals surface area (Å²) in [5.74, 6) is -0.247. The van der Waals surface area contributed by atoms with Crippen LogP contribution in [0.25, 0.3) is 0 Å². The van der Waals surface area contributed by atoms with Crippen LogP contribution in [0.5, 0.6) is 5.75 Å². The maximum absolute atomic E-state index is 11.9. The molecule has 0 atom stereocenters. The number of halogens is 1. The van der Waals surface area contributed by atoms with Gasteiger partial charge < -0.3 is 5.11 Å². The summed E-state index contributed by atoms with van der Waals surface area (Å²) in [7, 11) is 0. The summed E-state index contributed by atoms with van der Waals surface area (Å²) in [4.78, 5) is 11.9. The minimum absolute atomic E-state index is 0.128. The molecule has 0 unspecified atom stereocenters. The monoisotopic (exact) mass is 314 g/mol. The molecular formula is C17H15ClN2O2. The van der Waals surface area contributed by atoms with E-state index in [9.17, 15) is 9.90 Å². The minimum atomic E-state index is -0.375. The molecular weight excluding hydrogens is 300 g/mol. The number of hydrogen-bond acceptors (Lipinski definition) is 3. The van der Waals surface area contributed by atoms with Crippen molar-refractivity contribution in [3.63, 3.8) is 0 Å². The van der Waals surface area contributed by atoms with Crippen molar-refractivity contribution in [1.29, 1.82) is 0 Å². The zero-order valence-corrected chi connectivity index (χ0v) is 12.5.